The Labute approximate surface area is 81.7 Å². The number of hydrogen-bond donors (Lipinski definition) is 1. The minimum absolute atomic E-state index is 0.0586. The topological polar surface area (TPSA) is 35.2 Å². The Morgan fingerprint density at radius 3 is 2.71 bits per heavy atom. The fraction of sp³-hybridized carbons (Fsp3) is 0.400. The minimum Gasteiger partial charge on any atom is -0.491 e. The van der Waals surface area contributed by atoms with Crippen LogP contribution in [0.5, 0.6) is 5.75 Å². The van der Waals surface area contributed by atoms with Crippen LogP contribution in [0.2, 0.25) is 0 Å². The van der Waals surface area contributed by atoms with Crippen molar-refractivity contribution in [3.05, 3.63) is 29.6 Å². The first kappa shape index (κ1) is 10.9. The Morgan fingerprint density at radius 1 is 1.50 bits per heavy atom. The van der Waals surface area contributed by atoms with E-state index in [-0.39, 0.29) is 12.6 Å². The van der Waals surface area contributed by atoms with Crippen molar-refractivity contribution in [2.75, 3.05) is 13.3 Å². The second-order valence-corrected chi connectivity index (χ2v) is 3.01. The van der Waals surface area contributed by atoms with Gasteiger partial charge in [0.05, 0.1) is 0 Å². The summed E-state index contributed by atoms with van der Waals surface area (Å²) < 4.78 is 29.9. The van der Waals surface area contributed by atoms with E-state index in [9.17, 15) is 8.78 Å². The molecule has 1 unspecified atom stereocenters. The molecule has 0 amide bonds. The van der Waals surface area contributed by atoms with E-state index in [4.69, 9.17) is 10.5 Å². The first-order valence-electron chi connectivity index (χ1n) is 4.39. The van der Waals surface area contributed by atoms with Crippen LogP contribution in [0.25, 0.3) is 0 Å². The fourth-order valence-electron chi connectivity index (χ4n) is 1.12. The molecule has 0 saturated heterocycles. The molecule has 1 rings (SSSR count). The van der Waals surface area contributed by atoms with Crippen molar-refractivity contribution < 1.29 is 13.5 Å². The van der Waals surface area contributed by atoms with Crippen molar-refractivity contribution in [3.8, 4) is 5.75 Å². The molecule has 2 N–H and O–H groups in total. The van der Waals surface area contributed by atoms with E-state index < -0.39 is 12.5 Å². The number of ether oxygens (including phenoxy) is 1. The first-order chi connectivity index (χ1) is 6.65. The first-order valence-corrected chi connectivity index (χ1v) is 4.39. The third kappa shape index (κ3) is 2.67. The number of hydrogen-bond acceptors (Lipinski definition) is 2. The highest BCUT2D eigenvalue weighted by molar-refractivity contribution is 5.30. The maximum Gasteiger partial charge on any atom is 0.131 e. The van der Waals surface area contributed by atoms with Crippen molar-refractivity contribution >= 4 is 0 Å². The normalized spacial score (nSPS) is 12.6. The van der Waals surface area contributed by atoms with Crippen LogP contribution in [0.15, 0.2) is 18.2 Å². The van der Waals surface area contributed by atoms with Gasteiger partial charge in [-0.05, 0) is 13.0 Å². The number of alkyl halides is 1. The zero-order valence-corrected chi connectivity index (χ0v) is 7.97. The lowest BCUT2D eigenvalue weighted by atomic mass is 10.1. The standard InChI is InChI=1S/C10H13F2NO/c1-7(13)9-3-2-8(6-10(9)12)14-5-4-11/h2-3,6-7H,4-5,13H2,1H3. The molecule has 0 aliphatic rings. The Bertz CT molecular complexity index is 302. The molecular weight excluding hydrogens is 188 g/mol. The van der Waals surface area contributed by atoms with Gasteiger partial charge in [0, 0.05) is 17.7 Å². The highest BCUT2D eigenvalue weighted by atomic mass is 19.1. The predicted octanol–water partition coefficient (Wildman–Crippen LogP) is 2.19. The van der Waals surface area contributed by atoms with Gasteiger partial charge >= 0.3 is 0 Å². The van der Waals surface area contributed by atoms with Crippen LogP contribution in [0.3, 0.4) is 0 Å². The van der Waals surface area contributed by atoms with E-state index in [0.717, 1.165) is 0 Å². The Kier molecular flexibility index (Phi) is 3.83. The van der Waals surface area contributed by atoms with Crippen LogP contribution in [0, 0.1) is 5.82 Å². The largest absolute Gasteiger partial charge is 0.491 e. The van der Waals surface area contributed by atoms with Gasteiger partial charge < -0.3 is 10.5 Å². The van der Waals surface area contributed by atoms with Gasteiger partial charge in [-0.15, -0.1) is 0 Å². The maximum atomic E-state index is 13.3. The second kappa shape index (κ2) is 4.91. The molecule has 0 aliphatic carbocycles. The maximum absolute atomic E-state index is 13.3. The average Bonchev–Trinajstić information content (AvgIpc) is 2.14. The average molecular weight is 201 g/mol. The van der Waals surface area contributed by atoms with Gasteiger partial charge in [-0.3, -0.25) is 0 Å². The zero-order valence-electron chi connectivity index (χ0n) is 7.97. The van der Waals surface area contributed by atoms with E-state index in [1.807, 2.05) is 0 Å². The molecule has 0 spiro atoms. The van der Waals surface area contributed by atoms with Crippen LogP contribution >= 0.6 is 0 Å². The summed E-state index contributed by atoms with van der Waals surface area (Å²) in [6.45, 7) is 1.05. The molecular formula is C10H13F2NO. The molecule has 4 heteroatoms. The summed E-state index contributed by atoms with van der Waals surface area (Å²) in [7, 11) is 0. The lowest BCUT2D eigenvalue weighted by molar-refractivity contribution is 0.272. The SMILES string of the molecule is CC(N)c1ccc(OCCF)cc1F. The van der Waals surface area contributed by atoms with Gasteiger partial charge in [0.15, 0.2) is 0 Å². The van der Waals surface area contributed by atoms with Gasteiger partial charge in [-0.25, -0.2) is 8.78 Å². The Morgan fingerprint density at radius 2 is 2.21 bits per heavy atom. The molecule has 78 valence electrons. The van der Waals surface area contributed by atoms with Crippen molar-refractivity contribution in [1.82, 2.24) is 0 Å². The molecule has 1 aromatic rings. The number of halogens is 2. The Balaban J connectivity index is 2.78. The van der Waals surface area contributed by atoms with E-state index in [0.29, 0.717) is 11.3 Å². The smallest absolute Gasteiger partial charge is 0.131 e. The summed E-state index contributed by atoms with van der Waals surface area (Å²) in [5.74, 6) is -0.0964. The van der Waals surface area contributed by atoms with Gasteiger partial charge in [0.2, 0.25) is 0 Å². The predicted molar refractivity (Wildman–Crippen MR) is 50.5 cm³/mol. The van der Waals surface area contributed by atoms with Gasteiger partial charge in [0.25, 0.3) is 0 Å². The van der Waals surface area contributed by atoms with Crippen molar-refractivity contribution in [2.24, 2.45) is 5.73 Å². The van der Waals surface area contributed by atoms with E-state index in [1.165, 1.54) is 6.07 Å². The molecule has 14 heavy (non-hydrogen) atoms. The molecule has 0 heterocycles. The Hall–Kier alpha value is -1.16. The lowest BCUT2D eigenvalue weighted by Gasteiger charge is -2.09. The quantitative estimate of drug-likeness (QED) is 0.810. The van der Waals surface area contributed by atoms with Crippen LogP contribution < -0.4 is 10.5 Å². The fourth-order valence-corrected chi connectivity index (χ4v) is 1.12. The molecule has 0 saturated carbocycles. The van der Waals surface area contributed by atoms with Crippen LogP contribution in [0.1, 0.15) is 18.5 Å². The summed E-state index contributed by atoms with van der Waals surface area (Å²) in [4.78, 5) is 0. The number of rotatable bonds is 4. The van der Waals surface area contributed by atoms with Crippen molar-refractivity contribution in [1.29, 1.82) is 0 Å². The summed E-state index contributed by atoms with van der Waals surface area (Å²) in [6, 6.07) is 3.99. The monoisotopic (exact) mass is 201 g/mol. The van der Waals surface area contributed by atoms with Gasteiger partial charge in [0.1, 0.15) is 24.8 Å². The van der Waals surface area contributed by atoms with Gasteiger partial charge in [-0.2, -0.15) is 0 Å². The summed E-state index contributed by atoms with van der Waals surface area (Å²) in [5.41, 5.74) is 5.95. The third-order valence-corrected chi connectivity index (χ3v) is 1.81. The minimum atomic E-state index is -0.587. The third-order valence-electron chi connectivity index (χ3n) is 1.81. The highest BCUT2D eigenvalue weighted by Gasteiger charge is 2.07. The molecule has 0 bridgehead atoms. The molecule has 1 atom stereocenters. The highest BCUT2D eigenvalue weighted by Crippen LogP contribution is 2.20. The molecule has 0 radical (unpaired) electrons. The van der Waals surface area contributed by atoms with E-state index in [2.05, 4.69) is 0 Å². The molecule has 0 fully saturated rings. The summed E-state index contributed by atoms with van der Waals surface area (Å²) in [6.07, 6.45) is 0. The second-order valence-electron chi connectivity index (χ2n) is 3.01. The molecule has 0 aromatic heterocycles. The summed E-state index contributed by atoms with van der Waals surface area (Å²) in [5, 5.41) is 0. The number of benzene rings is 1. The van der Waals surface area contributed by atoms with Crippen LogP contribution in [0.4, 0.5) is 8.78 Å². The molecule has 1 aromatic carbocycles. The number of nitrogens with two attached hydrogens (primary N) is 1. The van der Waals surface area contributed by atoms with Gasteiger partial charge in [-0.1, -0.05) is 6.07 Å². The molecule has 0 aliphatic heterocycles. The lowest BCUT2D eigenvalue weighted by Crippen LogP contribution is -2.07. The van der Waals surface area contributed by atoms with Crippen molar-refractivity contribution in [2.45, 2.75) is 13.0 Å². The zero-order chi connectivity index (χ0) is 10.6. The van der Waals surface area contributed by atoms with Crippen LogP contribution in [-0.2, 0) is 0 Å². The van der Waals surface area contributed by atoms with E-state index in [1.54, 1.807) is 19.1 Å². The summed E-state index contributed by atoms with van der Waals surface area (Å²) >= 11 is 0. The molecule has 2 nitrogen and oxygen atoms in total. The van der Waals surface area contributed by atoms with E-state index >= 15 is 0 Å². The van der Waals surface area contributed by atoms with Crippen LogP contribution in [-0.4, -0.2) is 13.3 Å². The van der Waals surface area contributed by atoms with Crippen molar-refractivity contribution in [3.63, 3.8) is 0 Å².